The molecule has 1 unspecified atom stereocenters. The van der Waals surface area contributed by atoms with E-state index in [4.69, 9.17) is 4.74 Å². The fourth-order valence-corrected chi connectivity index (χ4v) is 1.83. The highest BCUT2D eigenvalue weighted by Crippen LogP contribution is 2.14. The molecule has 4 heteroatoms. The maximum absolute atomic E-state index is 11.3. The minimum atomic E-state index is 0.214. The second-order valence-electron chi connectivity index (χ2n) is 4.66. The summed E-state index contributed by atoms with van der Waals surface area (Å²) in [5.41, 5.74) is 0. The first kappa shape index (κ1) is 13.5. The summed E-state index contributed by atoms with van der Waals surface area (Å²) in [6.45, 7) is 3.85. The summed E-state index contributed by atoms with van der Waals surface area (Å²) in [4.78, 5) is 12.9. The molecule has 1 atom stereocenters. The van der Waals surface area contributed by atoms with Crippen LogP contribution in [0.1, 0.15) is 25.7 Å². The van der Waals surface area contributed by atoms with Crippen LogP contribution in [-0.2, 0) is 9.53 Å². The molecule has 0 bridgehead atoms. The van der Waals surface area contributed by atoms with E-state index in [1.807, 2.05) is 0 Å². The van der Waals surface area contributed by atoms with E-state index in [0.717, 1.165) is 38.6 Å². The van der Waals surface area contributed by atoms with E-state index in [9.17, 15) is 4.79 Å². The van der Waals surface area contributed by atoms with Crippen LogP contribution in [0.15, 0.2) is 0 Å². The topological polar surface area (TPSA) is 41.6 Å². The molecule has 0 aromatic carbocycles. The van der Waals surface area contributed by atoms with Gasteiger partial charge in [-0.3, -0.25) is 4.79 Å². The Hall–Kier alpha value is -0.610. The van der Waals surface area contributed by atoms with Crippen LogP contribution < -0.4 is 5.32 Å². The van der Waals surface area contributed by atoms with E-state index < -0.39 is 0 Å². The lowest BCUT2D eigenvalue weighted by molar-refractivity contribution is -0.128. The Kier molecular flexibility index (Phi) is 6.42. The van der Waals surface area contributed by atoms with E-state index in [1.54, 1.807) is 19.0 Å². The molecule has 0 aliphatic carbocycles. The highest BCUT2D eigenvalue weighted by atomic mass is 16.5. The predicted octanol–water partition coefficient (Wildman–Crippen LogP) is 0.871. The van der Waals surface area contributed by atoms with Crippen molar-refractivity contribution in [3.8, 4) is 0 Å². The molecule has 4 nitrogen and oxygen atoms in total. The number of carbonyl (C=O) groups excluding carboxylic acids is 1. The summed E-state index contributed by atoms with van der Waals surface area (Å²) in [5, 5.41) is 3.38. The van der Waals surface area contributed by atoms with Gasteiger partial charge in [0.25, 0.3) is 0 Å². The van der Waals surface area contributed by atoms with Crippen LogP contribution >= 0.6 is 0 Å². The molecule has 1 amide bonds. The Morgan fingerprint density at radius 2 is 2.25 bits per heavy atom. The molecule has 0 saturated carbocycles. The van der Waals surface area contributed by atoms with Crippen LogP contribution in [-0.4, -0.2) is 51.2 Å². The molecule has 1 heterocycles. The van der Waals surface area contributed by atoms with E-state index in [-0.39, 0.29) is 5.91 Å². The van der Waals surface area contributed by atoms with Crippen LogP contribution in [0.3, 0.4) is 0 Å². The fraction of sp³-hybridized carbons (Fsp3) is 0.917. The maximum Gasteiger partial charge on any atom is 0.222 e. The minimum Gasteiger partial charge on any atom is -0.381 e. The Labute approximate surface area is 98.3 Å². The molecule has 0 aromatic rings. The van der Waals surface area contributed by atoms with Crippen molar-refractivity contribution in [2.45, 2.75) is 25.7 Å². The summed E-state index contributed by atoms with van der Waals surface area (Å²) in [6, 6.07) is 0. The summed E-state index contributed by atoms with van der Waals surface area (Å²) in [5.74, 6) is 0.960. The molecular formula is C12H24N2O2. The van der Waals surface area contributed by atoms with Gasteiger partial charge < -0.3 is 15.0 Å². The highest BCUT2D eigenvalue weighted by Gasteiger charge is 2.14. The predicted molar refractivity (Wildman–Crippen MR) is 64.3 cm³/mol. The number of hydrogen-bond acceptors (Lipinski definition) is 3. The first-order valence-electron chi connectivity index (χ1n) is 6.18. The van der Waals surface area contributed by atoms with Crippen LogP contribution in [0.4, 0.5) is 0 Å². The lowest BCUT2D eigenvalue weighted by atomic mass is 10.1. The van der Waals surface area contributed by atoms with Crippen molar-refractivity contribution in [3.63, 3.8) is 0 Å². The van der Waals surface area contributed by atoms with Crippen LogP contribution in [0.25, 0.3) is 0 Å². The van der Waals surface area contributed by atoms with E-state index in [0.29, 0.717) is 6.42 Å². The van der Waals surface area contributed by atoms with E-state index in [2.05, 4.69) is 5.32 Å². The Bertz CT molecular complexity index is 201. The quantitative estimate of drug-likeness (QED) is 0.657. The molecule has 1 N–H and O–H groups in total. The van der Waals surface area contributed by atoms with Gasteiger partial charge in [0.05, 0.1) is 0 Å². The number of carbonyl (C=O) groups is 1. The van der Waals surface area contributed by atoms with Gasteiger partial charge in [0.2, 0.25) is 5.91 Å². The molecule has 1 saturated heterocycles. The van der Waals surface area contributed by atoms with E-state index in [1.165, 1.54) is 12.8 Å². The third kappa shape index (κ3) is 5.47. The van der Waals surface area contributed by atoms with Crippen LogP contribution in [0, 0.1) is 5.92 Å². The largest absolute Gasteiger partial charge is 0.381 e. The van der Waals surface area contributed by atoms with Crippen molar-refractivity contribution in [3.05, 3.63) is 0 Å². The lowest BCUT2D eigenvalue weighted by Crippen LogP contribution is -2.24. The second kappa shape index (κ2) is 7.63. The minimum absolute atomic E-state index is 0.214. The zero-order valence-corrected chi connectivity index (χ0v) is 10.5. The van der Waals surface area contributed by atoms with Crippen molar-refractivity contribution >= 4 is 5.91 Å². The smallest absolute Gasteiger partial charge is 0.222 e. The van der Waals surface area contributed by atoms with E-state index >= 15 is 0 Å². The normalized spacial score (nSPS) is 20.0. The van der Waals surface area contributed by atoms with Crippen molar-refractivity contribution in [1.82, 2.24) is 10.2 Å². The van der Waals surface area contributed by atoms with Gasteiger partial charge >= 0.3 is 0 Å². The number of rotatable bonds is 7. The van der Waals surface area contributed by atoms with Gasteiger partial charge in [-0.05, 0) is 38.3 Å². The van der Waals surface area contributed by atoms with Gasteiger partial charge in [-0.2, -0.15) is 0 Å². The van der Waals surface area contributed by atoms with Gasteiger partial charge in [0.1, 0.15) is 0 Å². The van der Waals surface area contributed by atoms with Gasteiger partial charge in [0, 0.05) is 33.7 Å². The Morgan fingerprint density at radius 3 is 2.88 bits per heavy atom. The van der Waals surface area contributed by atoms with Crippen molar-refractivity contribution in [1.29, 1.82) is 0 Å². The van der Waals surface area contributed by atoms with Gasteiger partial charge in [0.15, 0.2) is 0 Å². The Morgan fingerprint density at radius 1 is 1.44 bits per heavy atom. The number of nitrogens with zero attached hydrogens (tertiary/aromatic N) is 1. The number of ether oxygens (including phenoxy) is 1. The monoisotopic (exact) mass is 228 g/mol. The molecule has 1 aliphatic rings. The molecule has 0 radical (unpaired) electrons. The molecule has 1 aliphatic heterocycles. The van der Waals surface area contributed by atoms with Crippen molar-refractivity contribution in [2.24, 2.45) is 5.92 Å². The number of amides is 1. The first-order chi connectivity index (χ1) is 7.70. The molecular weight excluding hydrogens is 204 g/mol. The summed E-state index contributed by atoms with van der Waals surface area (Å²) >= 11 is 0. The number of hydrogen-bond donors (Lipinski definition) is 1. The molecule has 0 spiro atoms. The zero-order valence-electron chi connectivity index (χ0n) is 10.5. The average Bonchev–Trinajstić information content (AvgIpc) is 2.75. The molecule has 1 rings (SSSR count). The fourth-order valence-electron chi connectivity index (χ4n) is 1.83. The molecule has 0 aromatic heterocycles. The molecule has 16 heavy (non-hydrogen) atoms. The summed E-state index contributed by atoms with van der Waals surface area (Å²) in [6.07, 6.45) is 3.98. The maximum atomic E-state index is 11.3. The van der Waals surface area contributed by atoms with Crippen LogP contribution in [0.5, 0.6) is 0 Å². The zero-order chi connectivity index (χ0) is 11.8. The van der Waals surface area contributed by atoms with Gasteiger partial charge in [-0.15, -0.1) is 0 Å². The summed E-state index contributed by atoms with van der Waals surface area (Å²) in [7, 11) is 3.60. The first-order valence-corrected chi connectivity index (χ1v) is 6.18. The lowest BCUT2D eigenvalue weighted by Gasteiger charge is -2.11. The average molecular weight is 228 g/mol. The number of nitrogens with one attached hydrogen (secondary N) is 1. The highest BCUT2D eigenvalue weighted by molar-refractivity contribution is 5.75. The molecule has 94 valence electrons. The van der Waals surface area contributed by atoms with Gasteiger partial charge in [-0.25, -0.2) is 0 Å². The second-order valence-corrected chi connectivity index (χ2v) is 4.66. The SMILES string of the molecule is CN(C)C(=O)CCCNCCC1CCOC1. The van der Waals surface area contributed by atoms with Crippen molar-refractivity contribution < 1.29 is 9.53 Å². The van der Waals surface area contributed by atoms with Gasteiger partial charge in [-0.1, -0.05) is 0 Å². The third-order valence-corrected chi connectivity index (χ3v) is 3.00. The Balaban J connectivity index is 1.86. The molecule has 1 fully saturated rings. The summed E-state index contributed by atoms with van der Waals surface area (Å²) < 4.78 is 5.32. The standard InChI is InChI=1S/C12H24N2O2/c1-14(2)12(15)4-3-7-13-8-5-11-6-9-16-10-11/h11,13H,3-10H2,1-2H3. The third-order valence-electron chi connectivity index (χ3n) is 3.00. The van der Waals surface area contributed by atoms with Crippen LogP contribution in [0.2, 0.25) is 0 Å². The van der Waals surface area contributed by atoms with Crippen molar-refractivity contribution in [2.75, 3.05) is 40.4 Å².